The van der Waals surface area contributed by atoms with Gasteiger partial charge in [-0.1, -0.05) is 11.8 Å². The zero-order valence-electron chi connectivity index (χ0n) is 12.3. The lowest BCUT2D eigenvalue weighted by Gasteiger charge is -2.20. The molecule has 0 saturated heterocycles. The molecule has 4 nitrogen and oxygen atoms in total. The zero-order chi connectivity index (χ0) is 14.9. The van der Waals surface area contributed by atoms with Crippen molar-refractivity contribution in [2.24, 2.45) is 0 Å². The summed E-state index contributed by atoms with van der Waals surface area (Å²) in [6.07, 6.45) is 5.71. The van der Waals surface area contributed by atoms with E-state index in [-0.39, 0.29) is 5.54 Å². The molecule has 0 aliphatic carbocycles. The second-order valence-corrected chi connectivity index (χ2v) is 7.74. The molecule has 6 heteroatoms. The van der Waals surface area contributed by atoms with Crippen LogP contribution < -0.4 is 5.32 Å². The van der Waals surface area contributed by atoms with E-state index >= 15 is 0 Å². The number of fused-ring (bicyclic) bond motifs is 1. The molecule has 0 saturated carbocycles. The van der Waals surface area contributed by atoms with Crippen molar-refractivity contribution in [3.8, 4) is 0 Å². The lowest BCUT2D eigenvalue weighted by Crippen LogP contribution is -2.35. The summed E-state index contributed by atoms with van der Waals surface area (Å²) >= 11 is 3.35. The number of aromatic nitrogens is 3. The van der Waals surface area contributed by atoms with Crippen LogP contribution in [0.4, 0.5) is 0 Å². The van der Waals surface area contributed by atoms with Gasteiger partial charge in [-0.3, -0.25) is 9.38 Å². The highest BCUT2D eigenvalue weighted by atomic mass is 32.2. The van der Waals surface area contributed by atoms with Gasteiger partial charge in [0, 0.05) is 40.9 Å². The minimum Gasteiger partial charge on any atom is -0.306 e. The first-order chi connectivity index (χ1) is 10.0. The molecule has 0 unspecified atom stereocenters. The maximum Gasteiger partial charge on any atom is 0.194 e. The summed E-state index contributed by atoms with van der Waals surface area (Å²) in [6, 6.07) is 4.03. The predicted molar refractivity (Wildman–Crippen MR) is 88.0 cm³/mol. The maximum absolute atomic E-state index is 4.75. The van der Waals surface area contributed by atoms with Crippen molar-refractivity contribution in [2.45, 2.75) is 42.8 Å². The first kappa shape index (κ1) is 14.6. The van der Waals surface area contributed by atoms with E-state index in [2.05, 4.69) is 47.0 Å². The van der Waals surface area contributed by atoms with Gasteiger partial charge in [-0.05, 0) is 32.9 Å². The molecule has 0 radical (unpaired) electrons. The lowest BCUT2D eigenvalue weighted by atomic mass is 10.1. The van der Waals surface area contributed by atoms with Gasteiger partial charge in [0.15, 0.2) is 4.96 Å². The first-order valence-corrected chi connectivity index (χ1v) is 8.50. The minimum atomic E-state index is 0.0821. The second kappa shape index (κ2) is 5.79. The summed E-state index contributed by atoms with van der Waals surface area (Å²) in [5.74, 6) is 0. The summed E-state index contributed by atoms with van der Waals surface area (Å²) in [5.41, 5.74) is 1.29. The van der Waals surface area contributed by atoms with Crippen LogP contribution in [0.15, 0.2) is 46.0 Å². The molecular weight excluding hydrogens is 300 g/mol. The Balaban J connectivity index is 1.92. The van der Waals surface area contributed by atoms with Gasteiger partial charge in [-0.25, -0.2) is 4.98 Å². The highest BCUT2D eigenvalue weighted by molar-refractivity contribution is 7.99. The Bertz CT molecular complexity index is 725. The Labute approximate surface area is 132 Å². The Morgan fingerprint density at radius 3 is 2.76 bits per heavy atom. The van der Waals surface area contributed by atoms with E-state index in [9.17, 15) is 0 Å². The van der Waals surface area contributed by atoms with Crippen LogP contribution in [-0.2, 0) is 6.54 Å². The fourth-order valence-corrected chi connectivity index (χ4v) is 3.61. The highest BCUT2D eigenvalue weighted by Crippen LogP contribution is 2.31. The molecule has 0 bridgehead atoms. The van der Waals surface area contributed by atoms with Crippen molar-refractivity contribution in [3.63, 3.8) is 0 Å². The van der Waals surface area contributed by atoms with Crippen molar-refractivity contribution in [1.82, 2.24) is 19.7 Å². The van der Waals surface area contributed by atoms with Crippen molar-refractivity contribution < 1.29 is 0 Å². The van der Waals surface area contributed by atoms with Crippen LogP contribution in [-0.4, -0.2) is 19.9 Å². The van der Waals surface area contributed by atoms with Crippen LogP contribution in [0.2, 0.25) is 0 Å². The number of hydrogen-bond donors (Lipinski definition) is 1. The highest BCUT2D eigenvalue weighted by Gasteiger charge is 2.17. The number of pyridine rings is 1. The number of nitrogens with zero attached hydrogens (tertiary/aromatic N) is 3. The van der Waals surface area contributed by atoms with Gasteiger partial charge in [-0.15, -0.1) is 11.3 Å². The van der Waals surface area contributed by atoms with E-state index in [0.29, 0.717) is 0 Å². The molecule has 0 spiro atoms. The molecule has 1 N–H and O–H groups in total. The second-order valence-electron chi connectivity index (χ2n) is 5.81. The smallest absolute Gasteiger partial charge is 0.194 e. The third-order valence-corrected chi connectivity index (χ3v) is 4.76. The third kappa shape index (κ3) is 3.45. The third-order valence-electron chi connectivity index (χ3n) is 2.97. The van der Waals surface area contributed by atoms with Crippen LogP contribution in [0.5, 0.6) is 0 Å². The summed E-state index contributed by atoms with van der Waals surface area (Å²) in [4.78, 5) is 11.0. The fourth-order valence-electron chi connectivity index (χ4n) is 1.92. The number of imidazole rings is 1. The van der Waals surface area contributed by atoms with E-state index in [0.717, 1.165) is 21.4 Å². The van der Waals surface area contributed by atoms with E-state index in [4.69, 9.17) is 4.98 Å². The Morgan fingerprint density at radius 1 is 1.29 bits per heavy atom. The summed E-state index contributed by atoms with van der Waals surface area (Å²) in [7, 11) is 0. The largest absolute Gasteiger partial charge is 0.306 e. The molecular formula is C15H18N4S2. The molecule has 3 rings (SSSR count). The Morgan fingerprint density at radius 2 is 2.05 bits per heavy atom. The number of hydrogen-bond acceptors (Lipinski definition) is 5. The molecule has 3 heterocycles. The van der Waals surface area contributed by atoms with Gasteiger partial charge in [0.2, 0.25) is 0 Å². The van der Waals surface area contributed by atoms with Gasteiger partial charge >= 0.3 is 0 Å². The van der Waals surface area contributed by atoms with Crippen LogP contribution in [0.25, 0.3) is 4.96 Å². The van der Waals surface area contributed by atoms with Crippen molar-refractivity contribution in [1.29, 1.82) is 0 Å². The molecule has 0 aromatic carbocycles. The van der Waals surface area contributed by atoms with E-state index in [1.807, 2.05) is 24.5 Å². The van der Waals surface area contributed by atoms with Gasteiger partial charge in [0.25, 0.3) is 0 Å². The zero-order valence-corrected chi connectivity index (χ0v) is 14.0. The SMILES string of the molecule is CC(C)(C)NCc1c(Sc2ccncc2)nc2sccn12. The molecule has 21 heavy (non-hydrogen) atoms. The van der Waals surface area contributed by atoms with Crippen LogP contribution in [0.3, 0.4) is 0 Å². The van der Waals surface area contributed by atoms with Crippen LogP contribution in [0.1, 0.15) is 26.5 Å². The molecule has 0 aliphatic heterocycles. The van der Waals surface area contributed by atoms with Gasteiger partial charge in [0.1, 0.15) is 5.03 Å². The number of rotatable bonds is 4. The molecule has 0 aliphatic rings. The average Bonchev–Trinajstić information content (AvgIpc) is 2.98. The summed E-state index contributed by atoms with van der Waals surface area (Å²) < 4.78 is 2.17. The standard InChI is InChI=1S/C15H18N4S2/c1-15(2,3)17-10-12-13(18-14-19(12)8-9-20-14)21-11-4-6-16-7-5-11/h4-9,17H,10H2,1-3H3. The van der Waals surface area contributed by atoms with Crippen molar-refractivity contribution in [3.05, 3.63) is 41.8 Å². The number of nitrogens with one attached hydrogen (secondary N) is 1. The molecule has 3 aromatic rings. The summed E-state index contributed by atoms with van der Waals surface area (Å²) in [6.45, 7) is 7.33. The van der Waals surface area contributed by atoms with E-state index in [1.54, 1.807) is 23.1 Å². The van der Waals surface area contributed by atoms with E-state index in [1.165, 1.54) is 5.69 Å². The topological polar surface area (TPSA) is 42.2 Å². The first-order valence-electron chi connectivity index (χ1n) is 6.80. The molecule has 110 valence electrons. The fraction of sp³-hybridized carbons (Fsp3) is 0.333. The van der Waals surface area contributed by atoms with Gasteiger partial charge in [-0.2, -0.15) is 0 Å². The lowest BCUT2D eigenvalue weighted by molar-refractivity contribution is 0.418. The van der Waals surface area contributed by atoms with Crippen LogP contribution >= 0.6 is 23.1 Å². The van der Waals surface area contributed by atoms with Crippen molar-refractivity contribution >= 4 is 28.1 Å². The number of thiazole rings is 1. The van der Waals surface area contributed by atoms with Gasteiger partial charge in [0.05, 0.1) is 5.69 Å². The predicted octanol–water partition coefficient (Wildman–Crippen LogP) is 3.83. The summed E-state index contributed by atoms with van der Waals surface area (Å²) in [5, 5.41) is 6.68. The molecule has 0 atom stereocenters. The Kier molecular flexibility index (Phi) is 4.01. The van der Waals surface area contributed by atoms with Crippen molar-refractivity contribution in [2.75, 3.05) is 0 Å². The average molecular weight is 318 g/mol. The quantitative estimate of drug-likeness (QED) is 0.794. The Hall–Kier alpha value is -1.37. The van der Waals surface area contributed by atoms with Crippen LogP contribution in [0, 0.1) is 0 Å². The van der Waals surface area contributed by atoms with Gasteiger partial charge < -0.3 is 5.32 Å². The normalized spacial score (nSPS) is 12.1. The monoisotopic (exact) mass is 318 g/mol. The molecule has 3 aromatic heterocycles. The van der Waals surface area contributed by atoms with E-state index < -0.39 is 0 Å². The minimum absolute atomic E-state index is 0.0821. The molecule has 0 amide bonds. The maximum atomic E-state index is 4.75. The molecule has 0 fully saturated rings.